The summed E-state index contributed by atoms with van der Waals surface area (Å²) in [7, 11) is 1.46. The van der Waals surface area contributed by atoms with Gasteiger partial charge in [-0.05, 0) is 18.4 Å². The van der Waals surface area contributed by atoms with Crippen LogP contribution in [0.4, 0.5) is 0 Å². The molecule has 1 aromatic rings. The first-order chi connectivity index (χ1) is 7.71. The van der Waals surface area contributed by atoms with E-state index in [9.17, 15) is 4.79 Å². The van der Waals surface area contributed by atoms with E-state index in [2.05, 4.69) is 29.6 Å². The maximum atomic E-state index is 11.7. The molecule has 2 bridgehead atoms. The first kappa shape index (κ1) is 9.85. The Kier molecular flexibility index (Phi) is 1.89. The number of benzene rings is 1. The van der Waals surface area contributed by atoms with E-state index in [1.807, 2.05) is 6.07 Å². The van der Waals surface area contributed by atoms with Crippen LogP contribution in [0, 0.1) is 0 Å². The number of fused-ring (bicyclic) bond motifs is 1. The molecule has 4 rings (SSSR count). The first-order valence-corrected chi connectivity index (χ1v) is 5.60. The van der Waals surface area contributed by atoms with Crippen molar-refractivity contribution in [2.24, 2.45) is 0 Å². The van der Waals surface area contributed by atoms with Crippen molar-refractivity contribution in [2.75, 3.05) is 13.7 Å². The fourth-order valence-corrected chi connectivity index (χ4v) is 3.20. The van der Waals surface area contributed by atoms with Gasteiger partial charge in [-0.15, -0.1) is 0 Å². The molecule has 3 fully saturated rings. The standard InChI is InChI=1S/C13H15NO2/c1-16-11(15)13-7-12(8-13,9-14-13)10-5-3-2-4-6-10/h2-6,14H,7-9H2,1H3. The summed E-state index contributed by atoms with van der Waals surface area (Å²) in [5, 5.41) is 3.32. The van der Waals surface area contributed by atoms with Crippen LogP contribution in [0.2, 0.25) is 0 Å². The Balaban J connectivity index is 1.86. The summed E-state index contributed by atoms with van der Waals surface area (Å²) in [5.41, 5.74) is 1.10. The van der Waals surface area contributed by atoms with Crippen molar-refractivity contribution in [3.05, 3.63) is 35.9 Å². The Labute approximate surface area is 94.8 Å². The molecule has 0 atom stereocenters. The average molecular weight is 217 g/mol. The van der Waals surface area contributed by atoms with Crippen LogP contribution in [0.5, 0.6) is 0 Å². The molecule has 2 saturated heterocycles. The average Bonchev–Trinajstić information content (AvgIpc) is 2.86. The third-order valence-electron chi connectivity index (χ3n) is 4.01. The lowest BCUT2D eigenvalue weighted by molar-refractivity contribution is -0.151. The van der Waals surface area contributed by atoms with Crippen molar-refractivity contribution in [2.45, 2.75) is 23.8 Å². The molecular formula is C13H15NO2. The van der Waals surface area contributed by atoms with Gasteiger partial charge in [0.25, 0.3) is 0 Å². The molecular weight excluding hydrogens is 202 g/mol. The molecule has 0 aromatic heterocycles. The number of rotatable bonds is 2. The molecule has 2 heterocycles. The minimum absolute atomic E-state index is 0.114. The summed E-state index contributed by atoms with van der Waals surface area (Å²) in [6.07, 6.45) is 1.74. The molecule has 0 spiro atoms. The van der Waals surface area contributed by atoms with E-state index in [-0.39, 0.29) is 11.4 Å². The number of nitrogens with one attached hydrogen (secondary N) is 1. The summed E-state index contributed by atoms with van der Waals surface area (Å²) in [6, 6.07) is 10.4. The Morgan fingerprint density at radius 1 is 1.31 bits per heavy atom. The molecule has 3 aliphatic rings. The highest BCUT2D eigenvalue weighted by Gasteiger charge is 2.65. The molecule has 0 unspecified atom stereocenters. The zero-order valence-electron chi connectivity index (χ0n) is 9.32. The SMILES string of the molecule is COC(=O)C12CC(c3ccccc3)(CN1)C2. The molecule has 2 aliphatic heterocycles. The van der Waals surface area contributed by atoms with Gasteiger partial charge in [0.15, 0.2) is 0 Å². The smallest absolute Gasteiger partial charge is 0.326 e. The number of carbonyl (C=O) groups excluding carboxylic acids is 1. The van der Waals surface area contributed by atoms with E-state index < -0.39 is 5.54 Å². The molecule has 84 valence electrons. The fourth-order valence-electron chi connectivity index (χ4n) is 3.20. The van der Waals surface area contributed by atoms with E-state index in [1.165, 1.54) is 12.7 Å². The minimum atomic E-state index is -0.398. The van der Waals surface area contributed by atoms with Crippen LogP contribution in [-0.4, -0.2) is 25.2 Å². The molecule has 1 aliphatic carbocycles. The fraction of sp³-hybridized carbons (Fsp3) is 0.462. The molecule has 0 radical (unpaired) electrons. The maximum absolute atomic E-state index is 11.7. The van der Waals surface area contributed by atoms with E-state index in [1.54, 1.807) is 0 Å². The Bertz CT molecular complexity index is 421. The van der Waals surface area contributed by atoms with Crippen LogP contribution in [0.1, 0.15) is 18.4 Å². The number of methoxy groups -OCH3 is 1. The van der Waals surface area contributed by atoms with Crippen LogP contribution >= 0.6 is 0 Å². The Morgan fingerprint density at radius 2 is 2.00 bits per heavy atom. The summed E-state index contributed by atoms with van der Waals surface area (Å²) in [5.74, 6) is -0.114. The van der Waals surface area contributed by atoms with Crippen molar-refractivity contribution in [3.8, 4) is 0 Å². The molecule has 1 N–H and O–H groups in total. The summed E-state index contributed by atoms with van der Waals surface area (Å²) in [4.78, 5) is 11.7. The molecule has 3 nitrogen and oxygen atoms in total. The van der Waals surface area contributed by atoms with Crippen LogP contribution in [0.15, 0.2) is 30.3 Å². The minimum Gasteiger partial charge on any atom is -0.468 e. The van der Waals surface area contributed by atoms with Crippen LogP contribution in [-0.2, 0) is 14.9 Å². The number of hydrogen-bond acceptors (Lipinski definition) is 3. The normalized spacial score (nSPS) is 35.6. The van der Waals surface area contributed by atoms with Crippen LogP contribution in [0.25, 0.3) is 0 Å². The highest BCUT2D eigenvalue weighted by Crippen LogP contribution is 2.55. The predicted molar refractivity (Wildman–Crippen MR) is 60.1 cm³/mol. The Morgan fingerprint density at radius 3 is 2.62 bits per heavy atom. The van der Waals surface area contributed by atoms with Gasteiger partial charge in [0.05, 0.1) is 7.11 Å². The number of hydrogen-bond donors (Lipinski definition) is 1. The second kappa shape index (κ2) is 3.08. The largest absolute Gasteiger partial charge is 0.468 e. The van der Waals surface area contributed by atoms with Gasteiger partial charge in [-0.2, -0.15) is 0 Å². The lowest BCUT2D eigenvalue weighted by Gasteiger charge is -2.44. The summed E-state index contributed by atoms with van der Waals surface area (Å²) in [6.45, 7) is 0.881. The van der Waals surface area contributed by atoms with Gasteiger partial charge in [-0.3, -0.25) is 4.79 Å². The zero-order chi connectivity index (χ0) is 11.2. The van der Waals surface area contributed by atoms with Crippen molar-refractivity contribution < 1.29 is 9.53 Å². The lowest BCUT2D eigenvalue weighted by atomic mass is 9.59. The third-order valence-corrected chi connectivity index (χ3v) is 4.01. The monoisotopic (exact) mass is 217 g/mol. The van der Waals surface area contributed by atoms with Crippen molar-refractivity contribution in [1.82, 2.24) is 5.32 Å². The second-order valence-corrected chi connectivity index (χ2v) is 4.93. The highest BCUT2D eigenvalue weighted by atomic mass is 16.5. The van der Waals surface area contributed by atoms with Gasteiger partial charge in [0.2, 0.25) is 0 Å². The molecule has 16 heavy (non-hydrogen) atoms. The van der Waals surface area contributed by atoms with Gasteiger partial charge in [-0.1, -0.05) is 30.3 Å². The number of ether oxygens (including phenoxy) is 1. The van der Waals surface area contributed by atoms with Gasteiger partial charge < -0.3 is 10.1 Å². The highest BCUT2D eigenvalue weighted by molar-refractivity contribution is 5.84. The van der Waals surface area contributed by atoms with E-state index in [0.29, 0.717) is 0 Å². The second-order valence-electron chi connectivity index (χ2n) is 4.93. The number of carbonyl (C=O) groups is 1. The molecule has 3 heteroatoms. The lowest BCUT2D eigenvalue weighted by Crippen LogP contribution is -2.56. The Hall–Kier alpha value is -1.35. The zero-order valence-corrected chi connectivity index (χ0v) is 9.32. The molecule has 0 amide bonds. The molecule has 1 aromatic carbocycles. The van der Waals surface area contributed by atoms with E-state index >= 15 is 0 Å². The van der Waals surface area contributed by atoms with Gasteiger partial charge in [0.1, 0.15) is 5.54 Å². The van der Waals surface area contributed by atoms with Crippen molar-refractivity contribution in [3.63, 3.8) is 0 Å². The summed E-state index contributed by atoms with van der Waals surface area (Å²) < 4.78 is 4.85. The third kappa shape index (κ3) is 1.09. The predicted octanol–water partition coefficient (Wildman–Crippen LogP) is 1.23. The van der Waals surface area contributed by atoms with Crippen molar-refractivity contribution in [1.29, 1.82) is 0 Å². The van der Waals surface area contributed by atoms with Crippen LogP contribution < -0.4 is 5.32 Å². The quantitative estimate of drug-likeness (QED) is 0.757. The van der Waals surface area contributed by atoms with Crippen molar-refractivity contribution >= 4 is 5.97 Å². The number of esters is 1. The van der Waals surface area contributed by atoms with E-state index in [0.717, 1.165) is 19.4 Å². The van der Waals surface area contributed by atoms with Gasteiger partial charge in [-0.25, -0.2) is 0 Å². The molecule has 1 saturated carbocycles. The van der Waals surface area contributed by atoms with Gasteiger partial charge in [0, 0.05) is 12.0 Å². The van der Waals surface area contributed by atoms with E-state index in [4.69, 9.17) is 4.74 Å². The topological polar surface area (TPSA) is 38.3 Å². The van der Waals surface area contributed by atoms with Crippen LogP contribution in [0.3, 0.4) is 0 Å². The maximum Gasteiger partial charge on any atom is 0.326 e. The summed E-state index contributed by atoms with van der Waals surface area (Å²) >= 11 is 0. The first-order valence-electron chi connectivity index (χ1n) is 5.60. The van der Waals surface area contributed by atoms with Gasteiger partial charge >= 0.3 is 5.97 Å².